The van der Waals surface area contributed by atoms with Gasteiger partial charge in [-0.15, -0.1) is 0 Å². The molecule has 0 aliphatic rings. The second kappa shape index (κ2) is 4.07. The van der Waals surface area contributed by atoms with Gasteiger partial charge in [0.05, 0.1) is 0 Å². The van der Waals surface area contributed by atoms with Crippen molar-refractivity contribution in [2.75, 3.05) is 0 Å². The van der Waals surface area contributed by atoms with Gasteiger partial charge in [0.25, 0.3) is 5.56 Å². The van der Waals surface area contributed by atoms with Gasteiger partial charge in [-0.2, -0.15) is 0 Å². The van der Waals surface area contributed by atoms with E-state index in [2.05, 4.69) is 4.98 Å². The highest BCUT2D eigenvalue weighted by Crippen LogP contribution is 2.00. The molecule has 0 aromatic carbocycles. The number of hydrogen-bond acceptors (Lipinski definition) is 2. The van der Waals surface area contributed by atoms with Gasteiger partial charge < -0.3 is 4.98 Å². The van der Waals surface area contributed by atoms with Crippen molar-refractivity contribution in [2.24, 2.45) is 5.92 Å². The van der Waals surface area contributed by atoms with E-state index in [1.807, 2.05) is 13.8 Å². The molecule has 1 rings (SSSR count). The molecule has 13 heavy (non-hydrogen) atoms. The smallest absolute Gasteiger partial charge is 0.314 e. The molecule has 0 unspecified atom stereocenters. The highest BCUT2D eigenvalue weighted by atomic mass is 16.2. The van der Waals surface area contributed by atoms with Gasteiger partial charge in [0.2, 0.25) is 0 Å². The SMILES string of the molecule is CC[C@@H](C)Cn1c(=O)cc[nH]c1=O. The lowest BCUT2D eigenvalue weighted by molar-refractivity contribution is 0.446. The average Bonchev–Trinajstić information content (AvgIpc) is 2.11. The van der Waals surface area contributed by atoms with Crippen molar-refractivity contribution in [2.45, 2.75) is 26.8 Å². The molecule has 0 saturated carbocycles. The fourth-order valence-corrected chi connectivity index (χ4v) is 1.07. The van der Waals surface area contributed by atoms with Crippen LogP contribution in [0.4, 0.5) is 0 Å². The van der Waals surface area contributed by atoms with Crippen molar-refractivity contribution in [3.8, 4) is 0 Å². The van der Waals surface area contributed by atoms with Crippen LogP contribution in [0.3, 0.4) is 0 Å². The Bertz CT molecular complexity index is 349. The first-order chi connectivity index (χ1) is 6.15. The number of aromatic nitrogens is 2. The Morgan fingerprint density at radius 3 is 2.77 bits per heavy atom. The quantitative estimate of drug-likeness (QED) is 0.743. The van der Waals surface area contributed by atoms with Crippen LogP contribution in [0.25, 0.3) is 0 Å². The predicted octanol–water partition coefficient (Wildman–Crippen LogP) is 0.583. The number of aromatic amines is 1. The van der Waals surface area contributed by atoms with Crippen LogP contribution in [0.15, 0.2) is 21.9 Å². The van der Waals surface area contributed by atoms with E-state index in [4.69, 9.17) is 0 Å². The molecule has 0 fully saturated rings. The molecule has 4 heteroatoms. The Morgan fingerprint density at radius 1 is 1.54 bits per heavy atom. The highest BCUT2D eigenvalue weighted by Gasteiger charge is 2.04. The Kier molecular flexibility index (Phi) is 3.06. The number of H-pyrrole nitrogens is 1. The molecule has 72 valence electrons. The third-order valence-electron chi connectivity index (χ3n) is 2.14. The molecule has 1 N–H and O–H groups in total. The summed E-state index contributed by atoms with van der Waals surface area (Å²) in [5.41, 5.74) is -0.558. The third-order valence-corrected chi connectivity index (χ3v) is 2.14. The number of hydrogen-bond donors (Lipinski definition) is 1. The molecule has 1 heterocycles. The fraction of sp³-hybridized carbons (Fsp3) is 0.556. The number of rotatable bonds is 3. The van der Waals surface area contributed by atoms with Gasteiger partial charge in [-0.25, -0.2) is 4.79 Å². The van der Waals surface area contributed by atoms with Crippen LogP contribution < -0.4 is 11.2 Å². The molecule has 0 saturated heterocycles. The molecule has 1 atom stereocenters. The lowest BCUT2D eigenvalue weighted by Gasteiger charge is -2.08. The van der Waals surface area contributed by atoms with Gasteiger partial charge in [-0.05, 0) is 5.92 Å². The van der Waals surface area contributed by atoms with E-state index >= 15 is 0 Å². The van der Waals surface area contributed by atoms with Gasteiger partial charge >= 0.3 is 5.69 Å². The fourth-order valence-electron chi connectivity index (χ4n) is 1.07. The summed E-state index contributed by atoms with van der Waals surface area (Å²) in [7, 11) is 0. The largest absolute Gasteiger partial charge is 0.328 e. The van der Waals surface area contributed by atoms with E-state index in [-0.39, 0.29) is 11.2 Å². The summed E-state index contributed by atoms with van der Waals surface area (Å²) in [6, 6.07) is 1.36. The van der Waals surface area contributed by atoms with E-state index in [0.717, 1.165) is 6.42 Å². The lowest BCUT2D eigenvalue weighted by atomic mass is 10.1. The van der Waals surface area contributed by atoms with E-state index in [9.17, 15) is 9.59 Å². The summed E-state index contributed by atoms with van der Waals surface area (Å²) in [6.07, 6.45) is 2.33. The Hall–Kier alpha value is -1.32. The normalized spacial score (nSPS) is 12.8. The molecular formula is C9H14N2O2. The summed E-state index contributed by atoms with van der Waals surface area (Å²) in [5, 5.41) is 0. The van der Waals surface area contributed by atoms with E-state index in [1.54, 1.807) is 0 Å². The first-order valence-corrected chi connectivity index (χ1v) is 4.43. The minimum Gasteiger partial charge on any atom is -0.314 e. The summed E-state index contributed by atoms with van der Waals surface area (Å²) < 4.78 is 1.23. The maximum absolute atomic E-state index is 11.2. The Balaban J connectivity index is 3.01. The summed E-state index contributed by atoms with van der Waals surface area (Å²) in [6.45, 7) is 4.54. The van der Waals surface area contributed by atoms with E-state index < -0.39 is 0 Å². The molecule has 0 spiro atoms. The molecule has 0 aliphatic carbocycles. The zero-order chi connectivity index (χ0) is 9.84. The van der Waals surface area contributed by atoms with Crippen molar-refractivity contribution >= 4 is 0 Å². The van der Waals surface area contributed by atoms with Crippen LogP contribution in [-0.2, 0) is 6.54 Å². The topological polar surface area (TPSA) is 54.9 Å². The van der Waals surface area contributed by atoms with Crippen molar-refractivity contribution in [1.82, 2.24) is 9.55 Å². The minimum atomic E-state index is -0.326. The van der Waals surface area contributed by atoms with Crippen LogP contribution in [-0.4, -0.2) is 9.55 Å². The monoisotopic (exact) mass is 182 g/mol. The third kappa shape index (κ3) is 2.31. The zero-order valence-electron chi connectivity index (χ0n) is 7.91. The second-order valence-electron chi connectivity index (χ2n) is 3.25. The molecule has 0 amide bonds. The number of nitrogens with one attached hydrogen (secondary N) is 1. The van der Waals surface area contributed by atoms with E-state index in [1.165, 1.54) is 16.8 Å². The Labute approximate surface area is 76.2 Å². The molecule has 0 bridgehead atoms. The van der Waals surface area contributed by atoms with Crippen molar-refractivity contribution < 1.29 is 0 Å². The van der Waals surface area contributed by atoms with Crippen LogP contribution >= 0.6 is 0 Å². The minimum absolute atomic E-state index is 0.232. The van der Waals surface area contributed by atoms with Crippen LogP contribution in [0.2, 0.25) is 0 Å². The zero-order valence-corrected chi connectivity index (χ0v) is 7.91. The first-order valence-electron chi connectivity index (χ1n) is 4.43. The first kappa shape index (κ1) is 9.77. The van der Waals surface area contributed by atoms with Crippen molar-refractivity contribution in [3.05, 3.63) is 33.1 Å². The predicted molar refractivity (Wildman–Crippen MR) is 50.8 cm³/mol. The van der Waals surface area contributed by atoms with Gasteiger partial charge in [-0.3, -0.25) is 9.36 Å². The summed E-state index contributed by atoms with van der Waals surface area (Å²) in [4.78, 5) is 24.9. The maximum Gasteiger partial charge on any atom is 0.328 e. The standard InChI is InChI=1S/C9H14N2O2/c1-3-7(2)6-11-8(12)4-5-10-9(11)13/h4-5,7H,3,6H2,1-2H3,(H,10,13)/t7-/m1/s1. The van der Waals surface area contributed by atoms with Crippen LogP contribution in [0, 0.1) is 5.92 Å². The molecule has 0 aliphatic heterocycles. The van der Waals surface area contributed by atoms with Gasteiger partial charge in [0, 0.05) is 18.8 Å². The van der Waals surface area contributed by atoms with Gasteiger partial charge in [0.1, 0.15) is 0 Å². The average molecular weight is 182 g/mol. The van der Waals surface area contributed by atoms with Crippen molar-refractivity contribution in [3.63, 3.8) is 0 Å². The molecule has 0 radical (unpaired) electrons. The van der Waals surface area contributed by atoms with Gasteiger partial charge in [-0.1, -0.05) is 20.3 Å². The maximum atomic E-state index is 11.2. The van der Waals surface area contributed by atoms with Gasteiger partial charge in [0.15, 0.2) is 0 Å². The number of nitrogens with zero attached hydrogens (tertiary/aromatic N) is 1. The molecule has 1 aromatic heterocycles. The molecule has 1 aromatic rings. The molecular weight excluding hydrogens is 168 g/mol. The Morgan fingerprint density at radius 2 is 2.23 bits per heavy atom. The lowest BCUT2D eigenvalue weighted by Crippen LogP contribution is -2.35. The highest BCUT2D eigenvalue weighted by molar-refractivity contribution is 4.83. The van der Waals surface area contributed by atoms with Crippen LogP contribution in [0.5, 0.6) is 0 Å². The molecule has 4 nitrogen and oxygen atoms in total. The van der Waals surface area contributed by atoms with E-state index in [0.29, 0.717) is 12.5 Å². The summed E-state index contributed by atoms with van der Waals surface area (Å²) in [5.74, 6) is 0.348. The second-order valence-corrected chi connectivity index (χ2v) is 3.25. The van der Waals surface area contributed by atoms with Crippen LogP contribution in [0.1, 0.15) is 20.3 Å². The van der Waals surface area contributed by atoms with Crippen molar-refractivity contribution in [1.29, 1.82) is 0 Å². The summed E-state index contributed by atoms with van der Waals surface area (Å²) >= 11 is 0.